The van der Waals surface area contributed by atoms with Gasteiger partial charge in [-0.15, -0.1) is 0 Å². The third kappa shape index (κ3) is 3.96. The van der Waals surface area contributed by atoms with Crippen LogP contribution in [0.1, 0.15) is 17.3 Å². The van der Waals surface area contributed by atoms with E-state index in [1.807, 2.05) is 0 Å². The molecule has 0 radical (unpaired) electrons. The normalized spacial score (nSPS) is 10.6. The highest BCUT2D eigenvalue weighted by Gasteiger charge is 2.12. The van der Waals surface area contributed by atoms with E-state index in [1.54, 1.807) is 13.0 Å². The number of carbonyl (C=O) groups is 2. The molecule has 0 unspecified atom stereocenters. The lowest BCUT2D eigenvalue weighted by atomic mass is 10.2. The SMILES string of the molecule is CCOC(=O)C(C#N)=NNc1ccc(Cl)c(C(N)=O)c1. The Bertz CT molecular complexity index is 607. The largest absolute Gasteiger partial charge is 0.461 e. The van der Waals surface area contributed by atoms with Crippen molar-refractivity contribution in [2.75, 3.05) is 12.0 Å². The summed E-state index contributed by atoms with van der Waals surface area (Å²) < 4.78 is 4.64. The number of hydrogen-bond donors (Lipinski definition) is 2. The van der Waals surface area contributed by atoms with Crippen LogP contribution in [0.5, 0.6) is 0 Å². The summed E-state index contributed by atoms with van der Waals surface area (Å²) in [4.78, 5) is 22.4. The van der Waals surface area contributed by atoms with Crippen molar-refractivity contribution in [3.63, 3.8) is 0 Å². The molecule has 1 amide bonds. The molecule has 1 aromatic rings. The number of hydrogen-bond acceptors (Lipinski definition) is 6. The average Bonchev–Trinajstić information content (AvgIpc) is 2.41. The number of halogens is 1. The molecular weight excluding hydrogens is 284 g/mol. The van der Waals surface area contributed by atoms with Crippen LogP contribution in [0.25, 0.3) is 0 Å². The summed E-state index contributed by atoms with van der Waals surface area (Å²) in [5, 5.41) is 12.6. The van der Waals surface area contributed by atoms with E-state index >= 15 is 0 Å². The molecule has 0 aliphatic rings. The summed E-state index contributed by atoms with van der Waals surface area (Å²) in [6.45, 7) is 1.74. The van der Waals surface area contributed by atoms with Gasteiger partial charge in [0.1, 0.15) is 6.07 Å². The lowest BCUT2D eigenvalue weighted by Gasteiger charge is -2.05. The Labute approximate surface area is 120 Å². The van der Waals surface area contributed by atoms with Crippen LogP contribution in [0.3, 0.4) is 0 Å². The second-order valence-corrected chi connectivity index (χ2v) is 3.87. The van der Waals surface area contributed by atoms with Crippen LogP contribution in [0.2, 0.25) is 5.02 Å². The van der Waals surface area contributed by atoms with E-state index in [0.717, 1.165) is 0 Å². The number of nitrogens with zero attached hydrogens (tertiary/aromatic N) is 2. The van der Waals surface area contributed by atoms with Crippen molar-refractivity contribution < 1.29 is 14.3 Å². The molecule has 0 aliphatic carbocycles. The molecule has 7 nitrogen and oxygen atoms in total. The molecule has 1 aromatic carbocycles. The zero-order valence-electron chi connectivity index (χ0n) is 10.5. The maximum Gasteiger partial charge on any atom is 0.369 e. The van der Waals surface area contributed by atoms with E-state index in [1.165, 1.54) is 18.2 Å². The number of nitriles is 1. The van der Waals surface area contributed by atoms with Crippen LogP contribution in [-0.2, 0) is 9.53 Å². The fourth-order valence-corrected chi connectivity index (χ4v) is 1.43. The number of benzene rings is 1. The number of ether oxygens (including phenoxy) is 1. The number of primary amides is 1. The van der Waals surface area contributed by atoms with E-state index in [0.29, 0.717) is 5.69 Å². The van der Waals surface area contributed by atoms with Gasteiger partial charge in [0, 0.05) is 0 Å². The van der Waals surface area contributed by atoms with Crippen LogP contribution < -0.4 is 11.2 Å². The standard InChI is InChI=1S/C12H11ClN4O3/c1-2-20-12(19)10(6-14)17-16-7-3-4-9(13)8(5-7)11(15)18/h3-5,16H,2H2,1H3,(H2,15,18). The summed E-state index contributed by atoms with van der Waals surface area (Å²) in [7, 11) is 0. The third-order valence-corrected chi connectivity index (χ3v) is 2.43. The number of nitrogens with two attached hydrogens (primary N) is 1. The Morgan fingerprint density at radius 1 is 1.55 bits per heavy atom. The Kier molecular flexibility index (Phi) is 5.50. The number of anilines is 1. The summed E-state index contributed by atoms with van der Waals surface area (Å²) >= 11 is 5.78. The minimum absolute atomic E-state index is 0.0986. The molecule has 0 heterocycles. The van der Waals surface area contributed by atoms with Gasteiger partial charge in [0.25, 0.3) is 0 Å². The smallest absolute Gasteiger partial charge is 0.369 e. The molecule has 0 aliphatic heterocycles. The predicted molar refractivity (Wildman–Crippen MR) is 73.3 cm³/mol. The second kappa shape index (κ2) is 7.11. The van der Waals surface area contributed by atoms with Gasteiger partial charge in [-0.2, -0.15) is 10.4 Å². The van der Waals surface area contributed by atoms with Gasteiger partial charge in [-0.1, -0.05) is 11.6 Å². The van der Waals surface area contributed by atoms with Gasteiger partial charge in [0.2, 0.25) is 11.6 Å². The van der Waals surface area contributed by atoms with Crippen molar-refractivity contribution >= 4 is 34.9 Å². The Hall–Kier alpha value is -2.59. The van der Waals surface area contributed by atoms with Crippen molar-refractivity contribution in [2.45, 2.75) is 6.92 Å². The molecule has 3 N–H and O–H groups in total. The predicted octanol–water partition coefficient (Wildman–Crippen LogP) is 1.29. The van der Waals surface area contributed by atoms with E-state index in [-0.39, 0.29) is 17.2 Å². The van der Waals surface area contributed by atoms with Crippen molar-refractivity contribution in [1.82, 2.24) is 0 Å². The summed E-state index contributed by atoms with van der Waals surface area (Å²) in [5.74, 6) is -1.54. The Morgan fingerprint density at radius 2 is 2.25 bits per heavy atom. The molecule has 0 atom stereocenters. The second-order valence-electron chi connectivity index (χ2n) is 3.46. The number of rotatable bonds is 5. The van der Waals surface area contributed by atoms with Crippen LogP contribution >= 0.6 is 11.6 Å². The highest BCUT2D eigenvalue weighted by molar-refractivity contribution is 6.43. The lowest BCUT2D eigenvalue weighted by Crippen LogP contribution is -2.17. The number of amides is 1. The molecule has 0 aromatic heterocycles. The minimum atomic E-state index is -0.841. The first kappa shape index (κ1) is 15.5. The number of hydrazone groups is 1. The molecule has 1 rings (SSSR count). The molecular formula is C12H11ClN4O3. The molecule has 0 saturated carbocycles. The highest BCUT2D eigenvalue weighted by atomic mass is 35.5. The Morgan fingerprint density at radius 3 is 2.80 bits per heavy atom. The van der Waals surface area contributed by atoms with Gasteiger partial charge >= 0.3 is 5.97 Å². The molecule has 0 bridgehead atoms. The van der Waals surface area contributed by atoms with Crippen molar-refractivity contribution in [3.8, 4) is 6.07 Å². The van der Waals surface area contributed by atoms with Crippen molar-refractivity contribution in [2.24, 2.45) is 10.8 Å². The fraction of sp³-hybridized carbons (Fsp3) is 0.167. The number of carbonyl (C=O) groups excluding carboxylic acids is 2. The van der Waals surface area contributed by atoms with Gasteiger partial charge in [-0.3, -0.25) is 10.2 Å². The first-order chi connectivity index (χ1) is 9.49. The molecule has 0 fully saturated rings. The van der Waals surface area contributed by atoms with Gasteiger partial charge in [0.15, 0.2) is 0 Å². The van der Waals surface area contributed by atoms with Gasteiger partial charge in [-0.05, 0) is 25.1 Å². The molecule has 20 heavy (non-hydrogen) atoms. The minimum Gasteiger partial charge on any atom is -0.461 e. The first-order valence-electron chi connectivity index (χ1n) is 5.49. The lowest BCUT2D eigenvalue weighted by molar-refractivity contribution is -0.134. The summed E-state index contributed by atoms with van der Waals surface area (Å²) in [5.41, 5.74) is 7.60. The molecule has 0 spiro atoms. The average molecular weight is 295 g/mol. The quantitative estimate of drug-likeness (QED) is 0.482. The maximum atomic E-state index is 11.3. The molecule has 104 valence electrons. The number of esters is 1. The van der Waals surface area contributed by atoms with Crippen molar-refractivity contribution in [1.29, 1.82) is 5.26 Å². The topological polar surface area (TPSA) is 118 Å². The fourth-order valence-electron chi connectivity index (χ4n) is 1.22. The van der Waals surface area contributed by atoms with E-state index < -0.39 is 17.6 Å². The van der Waals surface area contributed by atoms with Gasteiger partial charge in [-0.25, -0.2) is 4.79 Å². The van der Waals surface area contributed by atoms with E-state index in [9.17, 15) is 9.59 Å². The van der Waals surface area contributed by atoms with Crippen LogP contribution in [0.4, 0.5) is 5.69 Å². The molecule has 8 heteroatoms. The van der Waals surface area contributed by atoms with E-state index in [2.05, 4.69) is 15.3 Å². The van der Waals surface area contributed by atoms with Gasteiger partial charge < -0.3 is 10.5 Å². The summed E-state index contributed by atoms with van der Waals surface area (Å²) in [6.07, 6.45) is 0. The highest BCUT2D eigenvalue weighted by Crippen LogP contribution is 2.20. The zero-order chi connectivity index (χ0) is 15.1. The van der Waals surface area contributed by atoms with Crippen LogP contribution in [-0.4, -0.2) is 24.2 Å². The van der Waals surface area contributed by atoms with Crippen molar-refractivity contribution in [3.05, 3.63) is 28.8 Å². The number of nitrogens with one attached hydrogen (secondary N) is 1. The van der Waals surface area contributed by atoms with E-state index in [4.69, 9.17) is 22.6 Å². The first-order valence-corrected chi connectivity index (χ1v) is 5.87. The summed E-state index contributed by atoms with van der Waals surface area (Å²) in [6, 6.07) is 5.91. The van der Waals surface area contributed by atoms with Gasteiger partial charge in [0.05, 0.1) is 22.9 Å². The third-order valence-electron chi connectivity index (χ3n) is 2.10. The molecule has 0 saturated heterocycles. The monoisotopic (exact) mass is 294 g/mol. The zero-order valence-corrected chi connectivity index (χ0v) is 11.3. The van der Waals surface area contributed by atoms with Crippen LogP contribution in [0.15, 0.2) is 23.3 Å². The van der Waals surface area contributed by atoms with Crippen LogP contribution in [0, 0.1) is 11.3 Å². The maximum absolute atomic E-state index is 11.3. The Balaban J connectivity index is 2.94.